The number of nitrogens with zero attached hydrogens (tertiary/aromatic N) is 2. The Morgan fingerprint density at radius 1 is 1.04 bits per heavy atom. The number of pyridine rings is 1. The number of rotatable bonds is 7. The van der Waals surface area contributed by atoms with E-state index in [-0.39, 0.29) is 0 Å². The summed E-state index contributed by atoms with van der Waals surface area (Å²) >= 11 is 0. The van der Waals surface area contributed by atoms with Crippen molar-refractivity contribution in [2.45, 2.75) is 44.3 Å². The minimum atomic E-state index is 0.587. The van der Waals surface area contributed by atoms with Gasteiger partial charge in [-0.3, -0.25) is 0 Å². The molecule has 0 saturated heterocycles. The molecule has 0 amide bonds. The molecule has 5 heteroatoms. The third-order valence-corrected chi connectivity index (χ3v) is 5.54. The summed E-state index contributed by atoms with van der Waals surface area (Å²) in [5.41, 5.74) is 3.49. The van der Waals surface area contributed by atoms with Crippen LogP contribution in [-0.4, -0.2) is 45.3 Å². The van der Waals surface area contributed by atoms with Crippen molar-refractivity contribution in [3.8, 4) is 16.9 Å². The molecule has 0 atom stereocenters. The molecule has 1 fully saturated rings. The number of hydrogen-bond acceptors (Lipinski definition) is 5. The lowest BCUT2D eigenvalue weighted by atomic mass is 9.91. The first-order chi connectivity index (χ1) is 13.1. The summed E-state index contributed by atoms with van der Waals surface area (Å²) in [4.78, 5) is 6.54. The third-order valence-electron chi connectivity index (χ3n) is 5.54. The quantitative estimate of drug-likeness (QED) is 0.784. The highest BCUT2D eigenvalue weighted by Gasteiger charge is 2.19. The predicted molar refractivity (Wildman–Crippen MR) is 112 cm³/mol. The third kappa shape index (κ3) is 4.99. The highest BCUT2D eigenvalue weighted by atomic mass is 16.5. The minimum absolute atomic E-state index is 0.587. The van der Waals surface area contributed by atoms with Crippen molar-refractivity contribution in [2.24, 2.45) is 0 Å². The summed E-state index contributed by atoms with van der Waals surface area (Å²) in [6.07, 6.45) is 6.88. The van der Waals surface area contributed by atoms with Crippen LogP contribution < -0.4 is 20.3 Å². The molecule has 0 unspecified atom stereocenters. The summed E-state index contributed by atoms with van der Waals surface area (Å²) < 4.78 is 5.59. The molecule has 0 aliphatic heterocycles. The summed E-state index contributed by atoms with van der Waals surface area (Å²) in [7, 11) is 7.81. The largest absolute Gasteiger partial charge is 0.496 e. The van der Waals surface area contributed by atoms with Crippen molar-refractivity contribution < 1.29 is 4.74 Å². The molecule has 3 rings (SSSR count). The molecular weight excluding hydrogens is 336 g/mol. The molecule has 0 spiro atoms. The van der Waals surface area contributed by atoms with Crippen molar-refractivity contribution in [2.75, 3.05) is 33.2 Å². The van der Waals surface area contributed by atoms with Crippen molar-refractivity contribution in [1.82, 2.24) is 15.6 Å². The minimum Gasteiger partial charge on any atom is -0.496 e. The first-order valence-corrected chi connectivity index (χ1v) is 9.82. The van der Waals surface area contributed by atoms with Crippen LogP contribution in [0.3, 0.4) is 0 Å². The van der Waals surface area contributed by atoms with Crippen LogP contribution in [0.2, 0.25) is 0 Å². The van der Waals surface area contributed by atoms with Crippen molar-refractivity contribution >= 4 is 5.82 Å². The van der Waals surface area contributed by atoms with E-state index >= 15 is 0 Å². The highest BCUT2D eigenvalue weighted by Crippen LogP contribution is 2.28. The molecule has 1 heterocycles. The predicted octanol–water partition coefficient (Wildman–Crippen LogP) is 3.44. The van der Waals surface area contributed by atoms with E-state index in [1.54, 1.807) is 7.11 Å². The van der Waals surface area contributed by atoms with Crippen LogP contribution in [0.15, 0.2) is 36.5 Å². The van der Waals surface area contributed by atoms with Gasteiger partial charge in [0.15, 0.2) is 0 Å². The number of anilines is 1. The molecule has 146 valence electrons. The summed E-state index contributed by atoms with van der Waals surface area (Å²) in [6, 6.07) is 11.8. The van der Waals surface area contributed by atoms with Gasteiger partial charge in [0.25, 0.3) is 0 Å². The van der Waals surface area contributed by atoms with Crippen molar-refractivity contribution in [3.05, 3.63) is 42.1 Å². The van der Waals surface area contributed by atoms with Crippen LogP contribution >= 0.6 is 0 Å². The van der Waals surface area contributed by atoms with Crippen LogP contribution in [0.4, 0.5) is 5.82 Å². The van der Waals surface area contributed by atoms with Gasteiger partial charge in [-0.1, -0.05) is 6.07 Å². The first-order valence-electron chi connectivity index (χ1n) is 9.82. The second kappa shape index (κ2) is 9.20. The van der Waals surface area contributed by atoms with Crippen LogP contribution in [0.5, 0.6) is 5.75 Å². The van der Waals surface area contributed by atoms with Crippen LogP contribution in [0, 0.1) is 0 Å². The Balaban J connectivity index is 1.70. The molecular formula is C22H32N4O. The van der Waals surface area contributed by atoms with Gasteiger partial charge in [-0.2, -0.15) is 0 Å². The van der Waals surface area contributed by atoms with Crippen LogP contribution in [0.1, 0.15) is 31.2 Å². The second-order valence-corrected chi connectivity index (χ2v) is 7.54. The Labute approximate surface area is 163 Å². The zero-order valence-corrected chi connectivity index (χ0v) is 17.0. The maximum absolute atomic E-state index is 5.59. The van der Waals surface area contributed by atoms with E-state index in [2.05, 4.69) is 53.0 Å². The van der Waals surface area contributed by atoms with E-state index in [9.17, 15) is 0 Å². The Morgan fingerprint density at radius 3 is 2.33 bits per heavy atom. The van der Waals surface area contributed by atoms with Crippen molar-refractivity contribution in [3.63, 3.8) is 0 Å². The molecule has 0 radical (unpaired) electrons. The van der Waals surface area contributed by atoms with E-state index in [4.69, 9.17) is 4.74 Å². The Kier molecular flexibility index (Phi) is 6.69. The van der Waals surface area contributed by atoms with Gasteiger partial charge in [0.1, 0.15) is 11.6 Å². The molecule has 1 aliphatic carbocycles. The molecule has 0 bridgehead atoms. The summed E-state index contributed by atoms with van der Waals surface area (Å²) in [5.74, 6) is 1.90. The lowest BCUT2D eigenvalue weighted by Crippen LogP contribution is -2.38. The van der Waals surface area contributed by atoms with E-state index in [1.807, 2.05) is 25.2 Å². The van der Waals surface area contributed by atoms with Gasteiger partial charge in [0.2, 0.25) is 0 Å². The Hall–Kier alpha value is -2.11. The average molecular weight is 369 g/mol. The standard InChI is InChI=1S/C22H32N4O/c1-23-19-7-9-20(10-8-19)24-15-18-13-16(5-11-21(18)27-4)17-6-12-22(25-14-17)26(2)3/h5-6,11-14,19-20,23-24H,7-10,15H2,1-4H3. The number of nitrogens with one attached hydrogen (secondary N) is 2. The topological polar surface area (TPSA) is 49.4 Å². The average Bonchev–Trinajstić information content (AvgIpc) is 2.72. The Morgan fingerprint density at radius 2 is 1.74 bits per heavy atom. The van der Waals surface area contributed by atoms with Crippen LogP contribution in [-0.2, 0) is 6.54 Å². The smallest absolute Gasteiger partial charge is 0.127 e. The summed E-state index contributed by atoms with van der Waals surface area (Å²) in [5, 5.41) is 7.13. The molecule has 1 aliphatic rings. The van der Waals surface area contributed by atoms with Gasteiger partial charge in [0.05, 0.1) is 7.11 Å². The second-order valence-electron chi connectivity index (χ2n) is 7.54. The number of aromatic nitrogens is 1. The zero-order valence-electron chi connectivity index (χ0n) is 17.0. The molecule has 27 heavy (non-hydrogen) atoms. The van der Waals surface area contributed by atoms with Gasteiger partial charge in [-0.05, 0) is 62.6 Å². The molecule has 1 saturated carbocycles. The number of methoxy groups -OCH3 is 1. The normalized spacial score (nSPS) is 19.7. The monoisotopic (exact) mass is 368 g/mol. The number of benzene rings is 1. The molecule has 1 aromatic carbocycles. The zero-order chi connectivity index (χ0) is 19.2. The first kappa shape index (κ1) is 19.6. The van der Waals surface area contributed by atoms with Gasteiger partial charge in [0, 0.05) is 50.0 Å². The molecule has 1 aromatic heterocycles. The van der Waals surface area contributed by atoms with Crippen LogP contribution in [0.25, 0.3) is 11.1 Å². The Bertz CT molecular complexity index is 722. The molecule has 2 N–H and O–H groups in total. The number of hydrogen-bond donors (Lipinski definition) is 2. The van der Waals surface area contributed by atoms with E-state index in [0.717, 1.165) is 23.7 Å². The van der Waals surface area contributed by atoms with E-state index in [0.29, 0.717) is 12.1 Å². The number of ether oxygens (including phenoxy) is 1. The molecule has 5 nitrogen and oxygen atoms in total. The fraction of sp³-hybridized carbons (Fsp3) is 0.500. The maximum Gasteiger partial charge on any atom is 0.127 e. The lowest BCUT2D eigenvalue weighted by Gasteiger charge is -2.29. The highest BCUT2D eigenvalue weighted by molar-refractivity contribution is 5.66. The van der Waals surface area contributed by atoms with Gasteiger partial charge >= 0.3 is 0 Å². The van der Waals surface area contributed by atoms with Crippen molar-refractivity contribution in [1.29, 1.82) is 0 Å². The fourth-order valence-corrected chi connectivity index (χ4v) is 3.76. The van der Waals surface area contributed by atoms with Gasteiger partial charge < -0.3 is 20.3 Å². The van der Waals surface area contributed by atoms with E-state index < -0.39 is 0 Å². The summed E-state index contributed by atoms with van der Waals surface area (Å²) in [6.45, 7) is 0.828. The van der Waals surface area contributed by atoms with Gasteiger partial charge in [-0.25, -0.2) is 4.98 Å². The SMILES string of the molecule is CNC1CCC(NCc2cc(-c3ccc(N(C)C)nc3)ccc2OC)CC1. The fourth-order valence-electron chi connectivity index (χ4n) is 3.76. The van der Waals surface area contributed by atoms with E-state index in [1.165, 1.54) is 36.8 Å². The lowest BCUT2D eigenvalue weighted by molar-refractivity contribution is 0.315. The van der Waals surface area contributed by atoms with Gasteiger partial charge in [-0.15, -0.1) is 0 Å². The molecule has 2 aromatic rings. The maximum atomic E-state index is 5.59.